The number of hydrogen-bond acceptors (Lipinski definition) is 6. The summed E-state index contributed by atoms with van der Waals surface area (Å²) in [6, 6.07) is 13.6. The molecule has 6 nitrogen and oxygen atoms in total. The Bertz CT molecular complexity index is 1040. The average molecular weight is 447 g/mol. The largest absolute Gasteiger partial charge is 0.369 e. The topological polar surface area (TPSA) is 65.5 Å². The minimum absolute atomic E-state index is 0.121. The fourth-order valence-electron chi connectivity index (χ4n) is 3.65. The Kier molecular flexibility index (Phi) is 6.43. The summed E-state index contributed by atoms with van der Waals surface area (Å²) < 4.78 is 41.5. The van der Waals surface area contributed by atoms with Crippen LogP contribution in [0.4, 0.5) is 10.1 Å². The van der Waals surface area contributed by atoms with Crippen LogP contribution in [0.2, 0.25) is 0 Å². The van der Waals surface area contributed by atoms with E-state index >= 15 is 0 Å². The van der Waals surface area contributed by atoms with Crippen molar-refractivity contribution in [1.82, 2.24) is 14.6 Å². The highest BCUT2D eigenvalue weighted by atomic mass is 32.2. The molecule has 158 valence electrons. The molecule has 4 rings (SSSR count). The van der Waals surface area contributed by atoms with Crippen LogP contribution in [0, 0.1) is 5.82 Å². The molecule has 3 heterocycles. The molecule has 1 aromatic carbocycles. The maximum absolute atomic E-state index is 13.2. The van der Waals surface area contributed by atoms with Gasteiger partial charge in [-0.2, -0.15) is 0 Å². The number of sulfonamides is 1. The smallest absolute Gasteiger partial charge is 0.250 e. The maximum Gasteiger partial charge on any atom is 0.250 e. The zero-order valence-corrected chi connectivity index (χ0v) is 17.9. The number of rotatable bonds is 7. The second-order valence-electron chi connectivity index (χ2n) is 7.09. The lowest BCUT2D eigenvalue weighted by Gasteiger charge is -2.40. The fraction of sp³-hybridized carbons (Fsp3) is 0.286. The van der Waals surface area contributed by atoms with Crippen molar-refractivity contribution >= 4 is 27.0 Å². The van der Waals surface area contributed by atoms with E-state index in [-0.39, 0.29) is 18.4 Å². The molecule has 1 aliphatic heterocycles. The molecular formula is C21H23FN4O2S2. The Hall–Kier alpha value is -2.33. The highest BCUT2D eigenvalue weighted by Gasteiger charge is 2.27. The van der Waals surface area contributed by atoms with E-state index in [0.717, 1.165) is 37.4 Å². The molecule has 0 spiro atoms. The first-order valence-electron chi connectivity index (χ1n) is 9.70. The third-order valence-corrected chi connectivity index (χ3v) is 8.06. The average Bonchev–Trinajstić information content (AvgIpc) is 3.32. The van der Waals surface area contributed by atoms with E-state index in [1.807, 2.05) is 12.1 Å². The first kappa shape index (κ1) is 20.9. The molecular weight excluding hydrogens is 423 g/mol. The summed E-state index contributed by atoms with van der Waals surface area (Å²) >= 11 is 1.20. The normalized spacial score (nSPS) is 16.5. The fourth-order valence-corrected chi connectivity index (χ4v) is 5.73. The minimum Gasteiger partial charge on any atom is -0.369 e. The van der Waals surface area contributed by atoms with Crippen LogP contribution in [-0.2, 0) is 10.0 Å². The summed E-state index contributed by atoms with van der Waals surface area (Å²) in [6.07, 6.45) is 3.50. The van der Waals surface area contributed by atoms with Crippen molar-refractivity contribution in [2.45, 2.75) is 10.3 Å². The van der Waals surface area contributed by atoms with Crippen LogP contribution in [0.1, 0.15) is 11.6 Å². The van der Waals surface area contributed by atoms with Crippen LogP contribution in [0.15, 0.2) is 70.5 Å². The van der Waals surface area contributed by atoms with E-state index in [1.165, 1.54) is 23.5 Å². The third-order valence-electron chi connectivity index (χ3n) is 5.24. The molecule has 1 fully saturated rings. The zero-order chi connectivity index (χ0) is 21.0. The first-order chi connectivity index (χ1) is 14.5. The lowest BCUT2D eigenvalue weighted by Crippen LogP contribution is -2.49. The van der Waals surface area contributed by atoms with Gasteiger partial charge >= 0.3 is 0 Å². The van der Waals surface area contributed by atoms with Crippen LogP contribution in [0.5, 0.6) is 0 Å². The molecule has 0 bridgehead atoms. The van der Waals surface area contributed by atoms with Gasteiger partial charge < -0.3 is 4.90 Å². The van der Waals surface area contributed by atoms with Gasteiger partial charge in [0.2, 0.25) is 10.0 Å². The SMILES string of the molecule is O=S(=O)(NC[C@@H](c1cccnc1)N1CCN(c2ccc(F)cc2)CC1)c1cccs1. The minimum atomic E-state index is -3.54. The number of hydrogen-bond donors (Lipinski definition) is 1. The summed E-state index contributed by atoms with van der Waals surface area (Å²) in [5, 5.41) is 1.75. The van der Waals surface area contributed by atoms with Crippen molar-refractivity contribution in [3.05, 3.63) is 77.7 Å². The number of nitrogens with zero attached hydrogens (tertiary/aromatic N) is 3. The van der Waals surface area contributed by atoms with Crippen molar-refractivity contribution < 1.29 is 12.8 Å². The van der Waals surface area contributed by atoms with E-state index in [0.29, 0.717) is 4.21 Å². The molecule has 1 saturated heterocycles. The molecule has 1 aliphatic rings. The first-order valence-corrected chi connectivity index (χ1v) is 12.1. The van der Waals surface area contributed by atoms with Crippen LogP contribution in [-0.4, -0.2) is 51.0 Å². The number of pyridine rings is 1. The van der Waals surface area contributed by atoms with E-state index in [2.05, 4.69) is 19.5 Å². The Morgan fingerprint density at radius 2 is 1.83 bits per heavy atom. The van der Waals surface area contributed by atoms with Crippen LogP contribution in [0.25, 0.3) is 0 Å². The van der Waals surface area contributed by atoms with Gasteiger partial charge in [-0.05, 0) is 47.3 Å². The van der Waals surface area contributed by atoms with E-state index in [9.17, 15) is 12.8 Å². The van der Waals surface area contributed by atoms with Gasteiger partial charge in [0.1, 0.15) is 10.0 Å². The predicted molar refractivity (Wildman–Crippen MR) is 117 cm³/mol. The zero-order valence-electron chi connectivity index (χ0n) is 16.3. The van der Waals surface area contributed by atoms with E-state index in [1.54, 1.807) is 42.0 Å². The molecule has 0 aliphatic carbocycles. The second kappa shape index (κ2) is 9.22. The monoisotopic (exact) mass is 446 g/mol. The summed E-state index contributed by atoms with van der Waals surface area (Å²) in [5.41, 5.74) is 1.97. The number of benzene rings is 1. The Morgan fingerprint density at radius 1 is 1.07 bits per heavy atom. The van der Waals surface area contributed by atoms with Crippen molar-refractivity contribution in [2.24, 2.45) is 0 Å². The summed E-state index contributed by atoms with van der Waals surface area (Å²) in [7, 11) is -3.54. The number of halogens is 1. The Morgan fingerprint density at radius 3 is 2.47 bits per heavy atom. The molecule has 0 unspecified atom stereocenters. The molecule has 0 saturated carbocycles. The number of piperazine rings is 1. The quantitative estimate of drug-likeness (QED) is 0.604. The predicted octanol–water partition coefficient (Wildman–Crippen LogP) is 3.12. The van der Waals surface area contributed by atoms with Gasteiger partial charge in [-0.15, -0.1) is 11.3 Å². The van der Waals surface area contributed by atoms with Crippen LogP contribution >= 0.6 is 11.3 Å². The maximum atomic E-state index is 13.2. The number of thiophene rings is 1. The third kappa shape index (κ3) is 4.86. The summed E-state index contributed by atoms with van der Waals surface area (Å²) in [5.74, 6) is -0.243. The molecule has 2 aromatic heterocycles. The van der Waals surface area contributed by atoms with Gasteiger partial charge in [0.15, 0.2) is 0 Å². The van der Waals surface area contributed by atoms with Crippen molar-refractivity contribution in [3.8, 4) is 0 Å². The van der Waals surface area contributed by atoms with Crippen LogP contribution in [0.3, 0.4) is 0 Å². The van der Waals surface area contributed by atoms with Crippen LogP contribution < -0.4 is 9.62 Å². The summed E-state index contributed by atoms with van der Waals surface area (Å²) in [4.78, 5) is 8.70. The lowest BCUT2D eigenvalue weighted by atomic mass is 10.1. The van der Waals surface area contributed by atoms with Gasteiger partial charge in [-0.1, -0.05) is 12.1 Å². The van der Waals surface area contributed by atoms with Crippen molar-refractivity contribution in [1.29, 1.82) is 0 Å². The molecule has 9 heteroatoms. The van der Waals surface area contributed by atoms with Gasteiger partial charge in [-0.3, -0.25) is 9.88 Å². The highest BCUT2D eigenvalue weighted by molar-refractivity contribution is 7.91. The Labute approximate surface area is 180 Å². The molecule has 0 amide bonds. The molecule has 30 heavy (non-hydrogen) atoms. The van der Waals surface area contributed by atoms with Gasteiger partial charge in [-0.25, -0.2) is 17.5 Å². The van der Waals surface area contributed by atoms with Gasteiger partial charge in [0, 0.05) is 50.8 Å². The number of nitrogens with one attached hydrogen (secondary N) is 1. The number of aromatic nitrogens is 1. The molecule has 1 atom stereocenters. The molecule has 1 N–H and O–H groups in total. The lowest BCUT2D eigenvalue weighted by molar-refractivity contribution is 0.186. The number of anilines is 1. The second-order valence-corrected chi connectivity index (χ2v) is 10.0. The van der Waals surface area contributed by atoms with E-state index in [4.69, 9.17) is 0 Å². The van der Waals surface area contributed by atoms with Gasteiger partial charge in [0.25, 0.3) is 0 Å². The molecule has 3 aromatic rings. The summed E-state index contributed by atoms with van der Waals surface area (Å²) in [6.45, 7) is 3.35. The standard InChI is InChI=1S/C21H23FN4O2S2/c22-18-5-7-19(8-6-18)25-10-12-26(13-11-25)20(17-3-1-9-23-15-17)16-24-30(27,28)21-4-2-14-29-21/h1-9,14-15,20,24H,10-13,16H2/t20-/m0/s1. The Balaban J connectivity index is 1.46. The van der Waals surface area contributed by atoms with Gasteiger partial charge in [0.05, 0.1) is 6.04 Å². The van der Waals surface area contributed by atoms with Crippen molar-refractivity contribution in [3.63, 3.8) is 0 Å². The molecule has 0 radical (unpaired) electrons. The van der Waals surface area contributed by atoms with Crippen molar-refractivity contribution in [2.75, 3.05) is 37.6 Å². The van der Waals surface area contributed by atoms with E-state index < -0.39 is 10.0 Å². The highest BCUT2D eigenvalue weighted by Crippen LogP contribution is 2.25.